The highest BCUT2D eigenvalue weighted by atomic mass is 35.5. The highest BCUT2D eigenvalue weighted by molar-refractivity contribution is 6.28. The standard InChI is InChI=1S/C6H4ClN5/c7-6-10-2-1-4(12-6)5(9)11-3-8/h1-2H,(H2,9,11). The first kappa shape index (κ1) is 8.43. The normalized spacial score (nSPS) is 8.67. The highest BCUT2D eigenvalue weighted by Gasteiger charge is 2.01. The maximum Gasteiger partial charge on any atom is 0.222 e. The minimum Gasteiger partial charge on any atom is -0.282 e. The van der Waals surface area contributed by atoms with Gasteiger partial charge in [0.1, 0.15) is 5.69 Å². The summed E-state index contributed by atoms with van der Waals surface area (Å²) < 4.78 is 0. The van der Waals surface area contributed by atoms with E-state index in [0.29, 0.717) is 0 Å². The summed E-state index contributed by atoms with van der Waals surface area (Å²) >= 11 is 5.46. The summed E-state index contributed by atoms with van der Waals surface area (Å²) in [5.74, 6) is -0.0956. The van der Waals surface area contributed by atoms with Crippen LogP contribution in [0.5, 0.6) is 0 Å². The monoisotopic (exact) mass is 181 g/mol. The summed E-state index contributed by atoms with van der Waals surface area (Å²) in [7, 11) is 0. The number of hydrogen-bond donors (Lipinski definition) is 2. The molecule has 0 aromatic carbocycles. The van der Waals surface area contributed by atoms with Crippen LogP contribution in [0.2, 0.25) is 5.28 Å². The first-order chi connectivity index (χ1) is 5.74. The lowest BCUT2D eigenvalue weighted by molar-refractivity contribution is 1.11. The van der Waals surface area contributed by atoms with Crippen LogP contribution in [0.1, 0.15) is 5.69 Å². The van der Waals surface area contributed by atoms with Gasteiger partial charge in [0.25, 0.3) is 0 Å². The first-order valence-corrected chi connectivity index (χ1v) is 3.34. The molecule has 0 saturated heterocycles. The van der Waals surface area contributed by atoms with Gasteiger partial charge in [0.15, 0.2) is 12.0 Å². The molecule has 0 amide bonds. The van der Waals surface area contributed by atoms with Crippen molar-refractivity contribution >= 4 is 17.4 Å². The number of nitriles is 1. The lowest BCUT2D eigenvalue weighted by atomic mass is 10.4. The molecule has 0 saturated carbocycles. The van der Waals surface area contributed by atoms with Crippen molar-refractivity contribution in [1.29, 1.82) is 10.7 Å². The van der Waals surface area contributed by atoms with Gasteiger partial charge in [-0.1, -0.05) is 0 Å². The summed E-state index contributed by atoms with van der Waals surface area (Å²) in [6, 6.07) is 1.48. The van der Waals surface area contributed by atoms with E-state index in [1.54, 1.807) is 6.19 Å². The van der Waals surface area contributed by atoms with Crippen molar-refractivity contribution in [3.8, 4) is 6.19 Å². The van der Waals surface area contributed by atoms with E-state index < -0.39 is 0 Å². The molecule has 1 aromatic heterocycles. The fraction of sp³-hybridized carbons (Fsp3) is 0. The lowest BCUT2D eigenvalue weighted by Gasteiger charge is -1.98. The largest absolute Gasteiger partial charge is 0.282 e. The third-order valence-electron chi connectivity index (χ3n) is 1.06. The zero-order chi connectivity index (χ0) is 8.97. The van der Waals surface area contributed by atoms with Crippen molar-refractivity contribution in [2.45, 2.75) is 0 Å². The molecule has 2 N–H and O–H groups in total. The molecule has 0 bridgehead atoms. The third kappa shape index (κ3) is 1.90. The zero-order valence-electron chi connectivity index (χ0n) is 5.87. The number of hydrogen-bond acceptors (Lipinski definition) is 4. The smallest absolute Gasteiger partial charge is 0.222 e. The minimum atomic E-state index is -0.0956. The average Bonchev–Trinajstić information content (AvgIpc) is 2.05. The summed E-state index contributed by atoms with van der Waals surface area (Å²) in [5, 5.41) is 17.6. The number of rotatable bonds is 1. The fourth-order valence-electron chi connectivity index (χ4n) is 0.594. The molecule has 5 nitrogen and oxygen atoms in total. The van der Waals surface area contributed by atoms with Gasteiger partial charge in [-0.2, -0.15) is 5.26 Å². The van der Waals surface area contributed by atoms with Gasteiger partial charge in [-0.25, -0.2) is 9.97 Å². The number of aromatic nitrogens is 2. The predicted molar refractivity (Wildman–Crippen MR) is 42.6 cm³/mol. The molecule has 0 fully saturated rings. The number of nitrogens with one attached hydrogen (secondary N) is 2. The van der Waals surface area contributed by atoms with Crippen molar-refractivity contribution in [1.82, 2.24) is 15.3 Å². The van der Waals surface area contributed by atoms with Crippen LogP contribution in [0.25, 0.3) is 0 Å². The molecule has 0 aliphatic heterocycles. The van der Waals surface area contributed by atoms with Crippen LogP contribution in [-0.2, 0) is 0 Å². The molecule has 0 spiro atoms. The van der Waals surface area contributed by atoms with Gasteiger partial charge in [-0.05, 0) is 17.7 Å². The Morgan fingerprint density at radius 1 is 1.75 bits per heavy atom. The Morgan fingerprint density at radius 3 is 3.08 bits per heavy atom. The maximum atomic E-state index is 8.19. The van der Waals surface area contributed by atoms with Gasteiger partial charge in [-0.15, -0.1) is 0 Å². The fourth-order valence-corrected chi connectivity index (χ4v) is 0.741. The Morgan fingerprint density at radius 2 is 2.50 bits per heavy atom. The lowest BCUT2D eigenvalue weighted by Crippen LogP contribution is -2.18. The van der Waals surface area contributed by atoms with Gasteiger partial charge in [0.05, 0.1) is 0 Å². The Bertz CT molecular complexity index is 342. The summed E-state index contributed by atoms with van der Waals surface area (Å²) in [6.07, 6.45) is 3.02. The Hall–Kier alpha value is -1.67. The van der Waals surface area contributed by atoms with E-state index in [9.17, 15) is 0 Å². The molecule has 0 atom stereocenters. The summed E-state index contributed by atoms with van der Waals surface area (Å²) in [6.45, 7) is 0. The molecular formula is C6H4ClN5. The van der Waals surface area contributed by atoms with E-state index in [2.05, 4.69) is 15.3 Å². The summed E-state index contributed by atoms with van der Waals surface area (Å²) in [5.41, 5.74) is 0.288. The molecular weight excluding hydrogens is 178 g/mol. The molecule has 0 aliphatic carbocycles. The van der Waals surface area contributed by atoms with E-state index in [0.717, 1.165) is 0 Å². The van der Waals surface area contributed by atoms with Crippen molar-refractivity contribution in [3.63, 3.8) is 0 Å². The zero-order valence-corrected chi connectivity index (χ0v) is 6.63. The van der Waals surface area contributed by atoms with Crippen LogP contribution in [0.15, 0.2) is 12.3 Å². The van der Waals surface area contributed by atoms with E-state index in [1.165, 1.54) is 12.3 Å². The Kier molecular flexibility index (Phi) is 2.56. The van der Waals surface area contributed by atoms with Gasteiger partial charge in [-0.3, -0.25) is 10.7 Å². The molecule has 0 radical (unpaired) electrons. The van der Waals surface area contributed by atoms with Gasteiger partial charge >= 0.3 is 0 Å². The van der Waals surface area contributed by atoms with Crippen LogP contribution < -0.4 is 5.32 Å². The summed E-state index contributed by atoms with van der Waals surface area (Å²) in [4.78, 5) is 7.34. The van der Waals surface area contributed by atoms with Crippen molar-refractivity contribution in [2.75, 3.05) is 0 Å². The van der Waals surface area contributed by atoms with Crippen molar-refractivity contribution in [3.05, 3.63) is 23.2 Å². The molecule has 0 unspecified atom stereocenters. The van der Waals surface area contributed by atoms with E-state index >= 15 is 0 Å². The van der Waals surface area contributed by atoms with Crippen molar-refractivity contribution < 1.29 is 0 Å². The number of amidine groups is 1. The molecule has 1 rings (SSSR count). The Balaban J connectivity index is 2.90. The third-order valence-corrected chi connectivity index (χ3v) is 1.25. The second-order valence-electron chi connectivity index (χ2n) is 1.82. The molecule has 1 heterocycles. The maximum absolute atomic E-state index is 8.19. The number of nitrogens with zero attached hydrogens (tertiary/aromatic N) is 3. The second-order valence-corrected chi connectivity index (χ2v) is 2.16. The van der Waals surface area contributed by atoms with Gasteiger partial charge < -0.3 is 0 Å². The molecule has 0 aliphatic rings. The topological polar surface area (TPSA) is 85.5 Å². The van der Waals surface area contributed by atoms with Crippen molar-refractivity contribution in [2.24, 2.45) is 0 Å². The molecule has 1 aromatic rings. The Labute approximate surface area is 73.5 Å². The second kappa shape index (κ2) is 3.64. The van der Waals surface area contributed by atoms with Crippen LogP contribution in [-0.4, -0.2) is 15.8 Å². The molecule has 60 valence electrons. The molecule has 6 heteroatoms. The van der Waals surface area contributed by atoms with Gasteiger partial charge in [0, 0.05) is 6.20 Å². The SMILES string of the molecule is N#CNC(=N)c1ccnc(Cl)n1. The quantitative estimate of drug-likeness (QED) is 0.218. The van der Waals surface area contributed by atoms with E-state index in [-0.39, 0.29) is 16.8 Å². The van der Waals surface area contributed by atoms with Crippen LogP contribution in [0.4, 0.5) is 0 Å². The van der Waals surface area contributed by atoms with Crippen LogP contribution in [0, 0.1) is 16.9 Å². The van der Waals surface area contributed by atoms with Gasteiger partial charge in [0.2, 0.25) is 5.28 Å². The highest BCUT2D eigenvalue weighted by Crippen LogP contribution is 1.99. The number of halogens is 1. The van der Waals surface area contributed by atoms with E-state index in [1.807, 2.05) is 0 Å². The van der Waals surface area contributed by atoms with E-state index in [4.69, 9.17) is 22.3 Å². The first-order valence-electron chi connectivity index (χ1n) is 2.96. The average molecular weight is 182 g/mol. The molecule has 12 heavy (non-hydrogen) atoms. The van der Waals surface area contributed by atoms with Crippen LogP contribution in [0.3, 0.4) is 0 Å². The van der Waals surface area contributed by atoms with Crippen LogP contribution >= 0.6 is 11.6 Å². The minimum absolute atomic E-state index is 0.0528. The predicted octanol–water partition coefficient (Wildman–Crippen LogP) is 0.526.